The number of rotatable bonds is 3. The first-order valence-corrected chi connectivity index (χ1v) is 9.77. The molecule has 140 valence electrons. The van der Waals surface area contributed by atoms with Crippen LogP contribution in [-0.2, 0) is 0 Å². The smallest absolute Gasteiger partial charge is 0.132 e. The second-order valence-electron chi connectivity index (χ2n) is 7.33. The van der Waals surface area contributed by atoms with Crippen LogP contribution in [0.2, 0.25) is 0 Å². The highest BCUT2D eigenvalue weighted by Crippen LogP contribution is 2.46. The fourth-order valence-corrected chi connectivity index (χ4v) is 4.33. The van der Waals surface area contributed by atoms with Crippen LogP contribution in [-0.4, -0.2) is 42.3 Å². The number of hydrogen-bond acceptors (Lipinski definition) is 3. The molecule has 1 fully saturated rings. The van der Waals surface area contributed by atoms with Gasteiger partial charge in [0.05, 0.1) is 12.3 Å². The Kier molecular flexibility index (Phi) is 4.41. The van der Waals surface area contributed by atoms with Gasteiger partial charge in [-0.3, -0.25) is 9.91 Å². The van der Waals surface area contributed by atoms with E-state index in [0.29, 0.717) is 11.6 Å². The highest BCUT2D eigenvalue weighted by molar-refractivity contribution is 5.80. The number of hydrazone groups is 1. The minimum Gasteiger partial charge on any atom is -0.294 e. The maximum absolute atomic E-state index is 13.8. The molecule has 0 amide bonds. The Morgan fingerprint density at radius 1 is 0.750 bits per heavy atom. The topological polar surface area (TPSA) is 18.8 Å². The van der Waals surface area contributed by atoms with Gasteiger partial charge in [-0.05, 0) is 28.3 Å². The third-order valence-corrected chi connectivity index (χ3v) is 5.72. The molecule has 28 heavy (non-hydrogen) atoms. The molecule has 1 aliphatic heterocycles. The Labute approximate surface area is 164 Å². The molecule has 4 heteroatoms. The summed E-state index contributed by atoms with van der Waals surface area (Å²) in [7, 11) is 0. The van der Waals surface area contributed by atoms with Crippen molar-refractivity contribution < 1.29 is 4.39 Å². The number of nitrogens with zero attached hydrogens (tertiary/aromatic N) is 3. The summed E-state index contributed by atoms with van der Waals surface area (Å²) < 4.78 is 13.8. The molecule has 0 bridgehead atoms. The fraction of sp³-hybridized carbons (Fsp3) is 0.208. The zero-order valence-electron chi connectivity index (χ0n) is 15.6. The van der Waals surface area contributed by atoms with Crippen LogP contribution in [0.3, 0.4) is 0 Å². The van der Waals surface area contributed by atoms with Crippen molar-refractivity contribution in [3.05, 3.63) is 95.3 Å². The average molecular weight is 371 g/mol. The number of halogens is 1. The van der Waals surface area contributed by atoms with Crippen LogP contribution in [0.1, 0.15) is 22.7 Å². The summed E-state index contributed by atoms with van der Waals surface area (Å²) in [6.07, 6.45) is 1.63. The van der Waals surface area contributed by atoms with Crippen LogP contribution < -0.4 is 0 Å². The summed E-state index contributed by atoms with van der Waals surface area (Å²) in [5, 5.41) is 6.54. The molecule has 0 N–H and O–H groups in total. The molecule has 2 aliphatic rings. The lowest BCUT2D eigenvalue weighted by Gasteiger charge is -2.37. The van der Waals surface area contributed by atoms with E-state index in [1.54, 1.807) is 18.3 Å². The summed E-state index contributed by atoms with van der Waals surface area (Å²) in [5.74, 6) is -0.232. The summed E-state index contributed by atoms with van der Waals surface area (Å²) in [6, 6.07) is 24.5. The highest BCUT2D eigenvalue weighted by atomic mass is 19.1. The molecule has 0 spiro atoms. The van der Waals surface area contributed by atoms with Gasteiger partial charge in [-0.15, -0.1) is 0 Å². The molecule has 3 nitrogen and oxygen atoms in total. The predicted octanol–water partition coefficient (Wildman–Crippen LogP) is 4.55. The van der Waals surface area contributed by atoms with Gasteiger partial charge in [-0.2, -0.15) is 5.10 Å². The van der Waals surface area contributed by atoms with E-state index in [0.717, 1.165) is 26.2 Å². The van der Waals surface area contributed by atoms with Gasteiger partial charge in [-0.25, -0.2) is 4.39 Å². The molecular formula is C24H22FN3. The van der Waals surface area contributed by atoms with E-state index in [-0.39, 0.29) is 5.82 Å². The minimum absolute atomic E-state index is 0.232. The molecular weight excluding hydrogens is 349 g/mol. The molecule has 0 aromatic heterocycles. The minimum atomic E-state index is -0.232. The Hall–Kier alpha value is -2.98. The van der Waals surface area contributed by atoms with Crippen LogP contribution in [0.25, 0.3) is 11.1 Å². The molecule has 1 aliphatic carbocycles. The second-order valence-corrected chi connectivity index (χ2v) is 7.33. The summed E-state index contributed by atoms with van der Waals surface area (Å²) in [6.45, 7) is 3.54. The molecule has 0 saturated carbocycles. The molecule has 1 heterocycles. The fourth-order valence-electron chi connectivity index (χ4n) is 4.33. The average Bonchev–Trinajstić information content (AvgIpc) is 3.08. The van der Waals surface area contributed by atoms with Crippen LogP contribution in [0.15, 0.2) is 77.9 Å². The van der Waals surface area contributed by atoms with E-state index in [1.807, 2.05) is 11.1 Å². The Balaban J connectivity index is 1.33. The molecule has 1 saturated heterocycles. The van der Waals surface area contributed by atoms with E-state index in [4.69, 9.17) is 0 Å². The number of piperazine rings is 1. The molecule has 5 rings (SSSR count). The lowest BCUT2D eigenvalue weighted by molar-refractivity contribution is 0.114. The number of hydrogen-bond donors (Lipinski definition) is 0. The van der Waals surface area contributed by atoms with Crippen LogP contribution >= 0.6 is 0 Å². The van der Waals surface area contributed by atoms with E-state index in [9.17, 15) is 4.39 Å². The van der Waals surface area contributed by atoms with Gasteiger partial charge >= 0.3 is 0 Å². The van der Waals surface area contributed by atoms with Crippen molar-refractivity contribution in [1.82, 2.24) is 9.91 Å². The van der Waals surface area contributed by atoms with Crippen molar-refractivity contribution in [2.24, 2.45) is 5.10 Å². The van der Waals surface area contributed by atoms with Gasteiger partial charge in [0.15, 0.2) is 0 Å². The van der Waals surface area contributed by atoms with Gasteiger partial charge in [0.25, 0.3) is 0 Å². The van der Waals surface area contributed by atoms with Crippen LogP contribution in [0.4, 0.5) is 4.39 Å². The van der Waals surface area contributed by atoms with E-state index < -0.39 is 0 Å². The first kappa shape index (κ1) is 17.1. The second kappa shape index (κ2) is 7.21. The van der Waals surface area contributed by atoms with Gasteiger partial charge in [-0.1, -0.05) is 66.7 Å². The normalized spacial score (nSPS) is 17.1. The molecule has 3 aromatic rings. The summed E-state index contributed by atoms with van der Waals surface area (Å²) >= 11 is 0. The molecule has 3 aromatic carbocycles. The Morgan fingerprint density at radius 2 is 1.32 bits per heavy atom. The SMILES string of the molecule is Fc1ccccc1/C=N/N1CCN(C2c3ccccc3-c3ccccc32)CC1. The van der Waals surface area contributed by atoms with Crippen molar-refractivity contribution in [2.45, 2.75) is 6.04 Å². The predicted molar refractivity (Wildman–Crippen MR) is 111 cm³/mol. The van der Waals surface area contributed by atoms with Gasteiger partial charge in [0, 0.05) is 31.7 Å². The van der Waals surface area contributed by atoms with Crippen molar-refractivity contribution >= 4 is 6.21 Å². The maximum atomic E-state index is 13.8. The van der Waals surface area contributed by atoms with Crippen LogP contribution in [0.5, 0.6) is 0 Å². The third kappa shape index (κ3) is 3.00. The quantitative estimate of drug-likeness (QED) is 0.629. The van der Waals surface area contributed by atoms with E-state index >= 15 is 0 Å². The Bertz CT molecular complexity index is 976. The number of benzene rings is 3. The lowest BCUT2D eigenvalue weighted by atomic mass is 10.0. The van der Waals surface area contributed by atoms with E-state index in [1.165, 1.54) is 28.3 Å². The zero-order valence-corrected chi connectivity index (χ0v) is 15.6. The Morgan fingerprint density at radius 3 is 1.96 bits per heavy atom. The monoisotopic (exact) mass is 371 g/mol. The standard InChI is InChI=1S/C24H22FN3/c25-23-12-6-1-7-18(23)17-26-28-15-13-27(14-16-28)24-21-10-4-2-8-19(21)20-9-3-5-11-22(20)24/h1-12,17,24H,13-16H2/b26-17+. The van der Waals surface area contributed by atoms with Gasteiger partial charge in [0.2, 0.25) is 0 Å². The first-order chi connectivity index (χ1) is 13.8. The van der Waals surface area contributed by atoms with Crippen molar-refractivity contribution in [3.8, 4) is 11.1 Å². The van der Waals surface area contributed by atoms with Crippen molar-refractivity contribution in [2.75, 3.05) is 26.2 Å². The summed E-state index contributed by atoms with van der Waals surface area (Å²) in [4.78, 5) is 2.54. The summed E-state index contributed by atoms with van der Waals surface area (Å²) in [5.41, 5.74) is 6.02. The number of fused-ring (bicyclic) bond motifs is 3. The van der Waals surface area contributed by atoms with Crippen molar-refractivity contribution in [3.63, 3.8) is 0 Å². The van der Waals surface area contributed by atoms with Gasteiger partial charge < -0.3 is 0 Å². The third-order valence-electron chi connectivity index (χ3n) is 5.72. The van der Waals surface area contributed by atoms with E-state index in [2.05, 4.69) is 58.5 Å². The first-order valence-electron chi connectivity index (χ1n) is 9.77. The lowest BCUT2D eigenvalue weighted by Crippen LogP contribution is -2.45. The highest BCUT2D eigenvalue weighted by Gasteiger charge is 2.33. The van der Waals surface area contributed by atoms with Gasteiger partial charge in [0.1, 0.15) is 5.82 Å². The molecule has 0 radical (unpaired) electrons. The zero-order chi connectivity index (χ0) is 18.9. The van der Waals surface area contributed by atoms with Crippen molar-refractivity contribution in [1.29, 1.82) is 0 Å². The largest absolute Gasteiger partial charge is 0.294 e. The molecule has 0 unspecified atom stereocenters. The molecule has 0 atom stereocenters. The maximum Gasteiger partial charge on any atom is 0.132 e. The van der Waals surface area contributed by atoms with Crippen LogP contribution in [0, 0.1) is 5.82 Å².